The molecule has 0 spiro atoms. The van der Waals surface area contributed by atoms with Crippen LogP contribution in [0.15, 0.2) is 52.3 Å². The molecule has 0 aliphatic heterocycles. The minimum Gasteiger partial charge on any atom is -0.249 e. The van der Waals surface area contributed by atoms with Crippen molar-refractivity contribution in [3.8, 4) is 0 Å². The third kappa shape index (κ3) is 1.57. The molecule has 0 saturated carbocycles. The predicted octanol–water partition coefficient (Wildman–Crippen LogP) is 3.19. The summed E-state index contributed by atoms with van der Waals surface area (Å²) in [7, 11) is -0.957. The maximum Gasteiger partial charge on any atom is 0.0811 e. The minimum absolute atomic E-state index is 0.423. The second kappa shape index (κ2) is 3.70. The van der Waals surface area contributed by atoms with E-state index in [0.717, 1.165) is 16.2 Å². The van der Waals surface area contributed by atoms with Gasteiger partial charge in [-0.25, -0.2) is 4.21 Å². The van der Waals surface area contributed by atoms with Crippen LogP contribution in [0.25, 0.3) is 0 Å². The highest BCUT2D eigenvalue weighted by atomic mass is 32.2. The van der Waals surface area contributed by atoms with Gasteiger partial charge in [0.15, 0.2) is 0 Å². The lowest BCUT2D eigenvalue weighted by molar-refractivity contribution is 0.679. The number of fused-ring (bicyclic) bond motifs is 2. The monoisotopic (exact) mass is 230 g/mol. The molecule has 1 nitrogen and oxygen atoms in total. The first-order chi connectivity index (χ1) is 7.74. The van der Waals surface area contributed by atoms with Crippen molar-refractivity contribution in [2.45, 2.75) is 18.2 Å². The van der Waals surface area contributed by atoms with Crippen molar-refractivity contribution in [3.05, 3.63) is 53.0 Å². The number of allylic oxidation sites excluding steroid dienone is 4. The Morgan fingerprint density at radius 2 is 1.94 bits per heavy atom. The highest BCUT2D eigenvalue weighted by molar-refractivity contribution is 7.89. The maximum absolute atomic E-state index is 12.4. The molecule has 16 heavy (non-hydrogen) atoms. The summed E-state index contributed by atoms with van der Waals surface area (Å²) < 4.78 is 12.4. The lowest BCUT2D eigenvalue weighted by Crippen LogP contribution is -2.02. The predicted molar refractivity (Wildman–Crippen MR) is 66.4 cm³/mol. The van der Waals surface area contributed by atoms with E-state index in [2.05, 4.69) is 18.2 Å². The van der Waals surface area contributed by atoms with Crippen LogP contribution in [0.5, 0.6) is 0 Å². The van der Waals surface area contributed by atoms with Crippen molar-refractivity contribution in [2.75, 3.05) is 0 Å². The van der Waals surface area contributed by atoms with Crippen LogP contribution < -0.4 is 0 Å². The SMILES string of the molecule is Cc1ccc([S@](=O)C2=C[C@@H]3C=C[C@H]2C3)cc1. The van der Waals surface area contributed by atoms with Crippen molar-refractivity contribution in [2.24, 2.45) is 11.8 Å². The summed E-state index contributed by atoms with van der Waals surface area (Å²) in [5, 5.41) is 0. The summed E-state index contributed by atoms with van der Waals surface area (Å²) in [5.41, 5.74) is 1.21. The van der Waals surface area contributed by atoms with Crippen LogP contribution in [0.4, 0.5) is 0 Å². The van der Waals surface area contributed by atoms with Gasteiger partial charge in [0.25, 0.3) is 0 Å². The van der Waals surface area contributed by atoms with E-state index in [4.69, 9.17) is 0 Å². The normalized spacial score (nSPS) is 28.2. The molecule has 2 aliphatic carbocycles. The van der Waals surface area contributed by atoms with Gasteiger partial charge in [-0.2, -0.15) is 0 Å². The van der Waals surface area contributed by atoms with Crippen LogP contribution in [0.2, 0.25) is 0 Å². The number of hydrogen-bond donors (Lipinski definition) is 0. The van der Waals surface area contributed by atoms with Gasteiger partial charge >= 0.3 is 0 Å². The molecule has 3 atom stereocenters. The average Bonchev–Trinajstić information content (AvgIpc) is 2.91. The van der Waals surface area contributed by atoms with Gasteiger partial charge in [-0.1, -0.05) is 35.9 Å². The summed E-state index contributed by atoms with van der Waals surface area (Å²) in [6.07, 6.45) is 7.74. The summed E-state index contributed by atoms with van der Waals surface area (Å²) in [5.74, 6) is 0.960. The van der Waals surface area contributed by atoms with Gasteiger partial charge < -0.3 is 0 Å². The summed E-state index contributed by atoms with van der Waals surface area (Å²) in [4.78, 5) is 2.04. The number of benzene rings is 1. The van der Waals surface area contributed by atoms with Crippen molar-refractivity contribution in [3.63, 3.8) is 0 Å². The van der Waals surface area contributed by atoms with E-state index in [1.54, 1.807) is 0 Å². The Bertz CT molecular complexity index is 496. The van der Waals surface area contributed by atoms with Crippen LogP contribution in [0.3, 0.4) is 0 Å². The Labute approximate surface area is 98.3 Å². The minimum atomic E-state index is -0.957. The van der Waals surface area contributed by atoms with Crippen molar-refractivity contribution < 1.29 is 4.21 Å². The van der Waals surface area contributed by atoms with Gasteiger partial charge in [-0.05, 0) is 31.4 Å². The Morgan fingerprint density at radius 3 is 2.50 bits per heavy atom. The van der Waals surface area contributed by atoms with Gasteiger partial charge in [0.05, 0.1) is 10.8 Å². The van der Waals surface area contributed by atoms with Crippen LogP contribution in [0, 0.1) is 18.8 Å². The van der Waals surface area contributed by atoms with E-state index < -0.39 is 10.8 Å². The van der Waals surface area contributed by atoms with Crippen molar-refractivity contribution in [1.29, 1.82) is 0 Å². The average molecular weight is 230 g/mol. The fraction of sp³-hybridized carbons (Fsp3) is 0.286. The zero-order valence-corrected chi connectivity index (χ0v) is 10.0. The van der Waals surface area contributed by atoms with E-state index in [-0.39, 0.29) is 0 Å². The second-order valence-corrected chi connectivity index (χ2v) is 6.02. The molecule has 0 radical (unpaired) electrons. The molecule has 0 unspecified atom stereocenters. The van der Waals surface area contributed by atoms with E-state index >= 15 is 0 Å². The molecule has 2 aliphatic rings. The number of hydrogen-bond acceptors (Lipinski definition) is 1. The molecule has 0 saturated heterocycles. The maximum atomic E-state index is 12.4. The van der Waals surface area contributed by atoms with Gasteiger partial charge in [-0.3, -0.25) is 0 Å². The molecule has 0 N–H and O–H groups in total. The highest BCUT2D eigenvalue weighted by Gasteiger charge is 2.31. The smallest absolute Gasteiger partial charge is 0.0811 e. The van der Waals surface area contributed by atoms with Gasteiger partial charge in [0.2, 0.25) is 0 Å². The molecule has 2 heteroatoms. The summed E-state index contributed by atoms with van der Waals surface area (Å²) in [6.45, 7) is 2.05. The Hall–Kier alpha value is -1.15. The molecule has 82 valence electrons. The van der Waals surface area contributed by atoms with Crippen LogP contribution in [-0.4, -0.2) is 4.21 Å². The summed E-state index contributed by atoms with van der Waals surface area (Å²) in [6, 6.07) is 8.00. The quantitative estimate of drug-likeness (QED) is 0.713. The number of aryl methyl sites for hydroxylation is 1. The standard InChI is InChI=1S/C14H14OS/c1-10-2-6-13(7-3-10)16(15)14-9-11-4-5-12(14)8-11/h2-7,9,11-12H,8H2,1H3/t11-,12+,16+/m1/s1. The zero-order valence-electron chi connectivity index (χ0n) is 9.22. The molecule has 0 fully saturated rings. The fourth-order valence-corrected chi connectivity index (χ4v) is 3.80. The second-order valence-electron chi connectivity index (χ2n) is 4.54. The fourth-order valence-electron chi connectivity index (χ4n) is 2.39. The van der Waals surface area contributed by atoms with Crippen molar-refractivity contribution >= 4 is 10.8 Å². The first kappa shape index (κ1) is 10.0. The Balaban J connectivity index is 1.89. The van der Waals surface area contributed by atoms with Crippen LogP contribution in [-0.2, 0) is 10.8 Å². The molecule has 0 heterocycles. The van der Waals surface area contributed by atoms with Crippen molar-refractivity contribution in [1.82, 2.24) is 0 Å². The lowest BCUT2D eigenvalue weighted by Gasteiger charge is -2.09. The van der Waals surface area contributed by atoms with E-state index in [0.29, 0.717) is 11.8 Å². The van der Waals surface area contributed by atoms with Gasteiger partial charge in [-0.15, -0.1) is 0 Å². The van der Waals surface area contributed by atoms with Crippen LogP contribution >= 0.6 is 0 Å². The molecule has 0 amide bonds. The lowest BCUT2D eigenvalue weighted by atomic mass is 10.2. The first-order valence-electron chi connectivity index (χ1n) is 5.62. The topological polar surface area (TPSA) is 17.1 Å². The Kier molecular flexibility index (Phi) is 2.32. The molecule has 2 bridgehead atoms. The third-order valence-electron chi connectivity index (χ3n) is 3.31. The third-order valence-corrected chi connectivity index (χ3v) is 4.88. The molecular formula is C14H14OS. The molecular weight excluding hydrogens is 216 g/mol. The largest absolute Gasteiger partial charge is 0.249 e. The molecule has 1 aromatic carbocycles. The van der Waals surface area contributed by atoms with E-state index in [9.17, 15) is 4.21 Å². The Morgan fingerprint density at radius 1 is 1.19 bits per heavy atom. The number of rotatable bonds is 2. The zero-order chi connectivity index (χ0) is 11.1. The molecule has 1 aromatic rings. The first-order valence-corrected chi connectivity index (χ1v) is 6.77. The van der Waals surface area contributed by atoms with Gasteiger partial charge in [0.1, 0.15) is 0 Å². The van der Waals surface area contributed by atoms with Gasteiger partial charge in [0, 0.05) is 15.7 Å². The molecule has 3 rings (SSSR count). The van der Waals surface area contributed by atoms with E-state index in [1.165, 1.54) is 5.56 Å². The summed E-state index contributed by atoms with van der Waals surface area (Å²) >= 11 is 0. The van der Waals surface area contributed by atoms with E-state index in [1.807, 2.05) is 31.2 Å². The molecule has 0 aromatic heterocycles. The van der Waals surface area contributed by atoms with Crippen LogP contribution in [0.1, 0.15) is 12.0 Å². The highest BCUT2D eigenvalue weighted by Crippen LogP contribution is 2.41.